The number of alkyl halides is 1. The third-order valence-electron chi connectivity index (χ3n) is 2.01. The summed E-state index contributed by atoms with van der Waals surface area (Å²) in [5, 5.41) is 0. The van der Waals surface area contributed by atoms with Gasteiger partial charge in [0.25, 0.3) is 0 Å². The molecule has 0 saturated heterocycles. The van der Waals surface area contributed by atoms with Gasteiger partial charge in [0.2, 0.25) is 0 Å². The van der Waals surface area contributed by atoms with E-state index in [0.29, 0.717) is 0 Å². The predicted molar refractivity (Wildman–Crippen MR) is 63.4 cm³/mol. The van der Waals surface area contributed by atoms with Crippen LogP contribution in [0.25, 0.3) is 0 Å². The molecule has 0 saturated carbocycles. The van der Waals surface area contributed by atoms with Crippen LogP contribution in [0.4, 0.5) is 0 Å². The van der Waals surface area contributed by atoms with Crippen LogP contribution >= 0.6 is 11.6 Å². The van der Waals surface area contributed by atoms with Gasteiger partial charge in [-0.1, -0.05) is 19.6 Å². The van der Waals surface area contributed by atoms with E-state index in [4.69, 9.17) is 16.3 Å². The zero-order chi connectivity index (χ0) is 9.52. The van der Waals surface area contributed by atoms with Gasteiger partial charge in [-0.15, -0.1) is 11.6 Å². The summed E-state index contributed by atoms with van der Waals surface area (Å²) in [6.45, 7) is 0. The molecule has 0 aromatic heterocycles. The number of hydrogen-bond donors (Lipinski definition) is 0. The minimum atomic E-state index is 0. The maximum Gasteiger partial charge on any atom is 0.118 e. The smallest absolute Gasteiger partial charge is 0.118 e. The molecular formula is C12H19ClO. The number of ether oxygens (including phenoxy) is 1. The van der Waals surface area contributed by atoms with Crippen molar-refractivity contribution in [2.75, 3.05) is 13.0 Å². The van der Waals surface area contributed by atoms with Crippen molar-refractivity contribution >= 4 is 11.6 Å². The van der Waals surface area contributed by atoms with Crippen molar-refractivity contribution < 1.29 is 4.74 Å². The second kappa shape index (κ2) is 7.69. The van der Waals surface area contributed by atoms with E-state index in [0.717, 1.165) is 30.9 Å². The van der Waals surface area contributed by atoms with E-state index >= 15 is 0 Å². The molecule has 0 amide bonds. The lowest BCUT2D eigenvalue weighted by molar-refractivity contribution is 0.414. The van der Waals surface area contributed by atoms with Crippen LogP contribution < -0.4 is 4.74 Å². The molecule has 0 unspecified atom stereocenters. The fourth-order valence-corrected chi connectivity index (χ4v) is 1.40. The average molecular weight is 215 g/mol. The predicted octanol–water partition coefficient (Wildman–Crippen LogP) is 3.89. The molecule has 0 aliphatic rings. The van der Waals surface area contributed by atoms with Gasteiger partial charge in [-0.05, 0) is 37.0 Å². The number of benzene rings is 1. The summed E-state index contributed by atoms with van der Waals surface area (Å²) in [7, 11) is 1.68. The first-order valence-electron chi connectivity index (χ1n) is 4.55. The van der Waals surface area contributed by atoms with Crippen LogP contribution in [-0.4, -0.2) is 13.0 Å². The molecule has 1 aromatic carbocycles. The van der Waals surface area contributed by atoms with Gasteiger partial charge in [-0.3, -0.25) is 0 Å². The van der Waals surface area contributed by atoms with Crippen LogP contribution in [0.3, 0.4) is 0 Å². The number of aryl methyl sites for hydroxylation is 1. The Hall–Kier alpha value is -0.690. The van der Waals surface area contributed by atoms with E-state index in [1.165, 1.54) is 5.56 Å². The maximum atomic E-state index is 5.60. The molecule has 1 nitrogen and oxygen atoms in total. The Morgan fingerprint density at radius 1 is 1.14 bits per heavy atom. The molecule has 0 atom stereocenters. The van der Waals surface area contributed by atoms with Crippen molar-refractivity contribution in [3.05, 3.63) is 29.8 Å². The standard InChI is InChI=1S/C11H15ClO.CH4/c1-13-11-7-5-10(6-8-11)4-2-3-9-12;/h5-8H,2-4,9H2,1H3;1H4. The molecule has 0 N–H and O–H groups in total. The van der Waals surface area contributed by atoms with Gasteiger partial charge >= 0.3 is 0 Å². The molecule has 1 aromatic rings. The molecule has 0 fully saturated rings. The first-order valence-corrected chi connectivity index (χ1v) is 5.09. The summed E-state index contributed by atoms with van der Waals surface area (Å²) < 4.78 is 5.07. The van der Waals surface area contributed by atoms with Crippen molar-refractivity contribution in [1.82, 2.24) is 0 Å². The van der Waals surface area contributed by atoms with Gasteiger partial charge in [-0.25, -0.2) is 0 Å². The lowest BCUT2D eigenvalue weighted by atomic mass is 10.1. The van der Waals surface area contributed by atoms with Crippen molar-refractivity contribution in [2.24, 2.45) is 0 Å². The number of rotatable bonds is 5. The van der Waals surface area contributed by atoms with E-state index in [1.807, 2.05) is 12.1 Å². The molecule has 2 heteroatoms. The molecule has 0 aliphatic heterocycles. The van der Waals surface area contributed by atoms with Gasteiger partial charge in [0.15, 0.2) is 0 Å². The molecule has 0 heterocycles. The summed E-state index contributed by atoms with van der Waals surface area (Å²) >= 11 is 5.60. The van der Waals surface area contributed by atoms with Crippen LogP contribution in [0, 0.1) is 0 Å². The zero-order valence-electron chi connectivity index (χ0n) is 7.92. The molecule has 14 heavy (non-hydrogen) atoms. The van der Waals surface area contributed by atoms with E-state index in [-0.39, 0.29) is 7.43 Å². The van der Waals surface area contributed by atoms with E-state index in [9.17, 15) is 0 Å². The second-order valence-electron chi connectivity index (χ2n) is 2.99. The molecular weight excluding hydrogens is 196 g/mol. The number of hydrogen-bond acceptors (Lipinski definition) is 1. The van der Waals surface area contributed by atoms with Crippen molar-refractivity contribution in [2.45, 2.75) is 26.7 Å². The van der Waals surface area contributed by atoms with Gasteiger partial charge in [-0.2, -0.15) is 0 Å². The third-order valence-corrected chi connectivity index (χ3v) is 2.28. The monoisotopic (exact) mass is 214 g/mol. The third kappa shape index (κ3) is 4.52. The largest absolute Gasteiger partial charge is 0.497 e. The summed E-state index contributed by atoms with van der Waals surface area (Å²) in [5.74, 6) is 1.68. The van der Waals surface area contributed by atoms with Crippen LogP contribution in [0.5, 0.6) is 5.75 Å². The quantitative estimate of drug-likeness (QED) is 0.534. The molecule has 80 valence electrons. The summed E-state index contributed by atoms with van der Waals surface area (Å²) in [5.41, 5.74) is 1.35. The minimum absolute atomic E-state index is 0. The Bertz CT molecular complexity index is 231. The highest BCUT2D eigenvalue weighted by molar-refractivity contribution is 6.17. The van der Waals surface area contributed by atoms with Gasteiger partial charge < -0.3 is 4.74 Å². The Morgan fingerprint density at radius 3 is 2.29 bits per heavy atom. The fourth-order valence-electron chi connectivity index (χ4n) is 1.22. The van der Waals surface area contributed by atoms with Crippen LogP contribution in [-0.2, 0) is 6.42 Å². The number of unbranched alkanes of at least 4 members (excludes halogenated alkanes) is 1. The van der Waals surface area contributed by atoms with Gasteiger partial charge in [0, 0.05) is 5.88 Å². The molecule has 0 aliphatic carbocycles. The maximum absolute atomic E-state index is 5.60. The highest BCUT2D eigenvalue weighted by Crippen LogP contribution is 2.13. The number of halogens is 1. The highest BCUT2D eigenvalue weighted by atomic mass is 35.5. The highest BCUT2D eigenvalue weighted by Gasteiger charge is 1.93. The Kier molecular flexibility index (Phi) is 7.31. The van der Waals surface area contributed by atoms with E-state index in [2.05, 4.69) is 12.1 Å². The Labute approximate surface area is 92.0 Å². The van der Waals surface area contributed by atoms with Crippen molar-refractivity contribution in [3.63, 3.8) is 0 Å². The Balaban J connectivity index is 0.00000169. The number of methoxy groups -OCH3 is 1. The molecule has 0 radical (unpaired) electrons. The van der Waals surface area contributed by atoms with Gasteiger partial charge in [0.1, 0.15) is 5.75 Å². The molecule has 0 bridgehead atoms. The van der Waals surface area contributed by atoms with Crippen LogP contribution in [0.15, 0.2) is 24.3 Å². The average Bonchev–Trinajstić information content (AvgIpc) is 2.19. The minimum Gasteiger partial charge on any atom is -0.497 e. The van der Waals surface area contributed by atoms with Crippen molar-refractivity contribution in [3.8, 4) is 5.75 Å². The Morgan fingerprint density at radius 2 is 1.79 bits per heavy atom. The van der Waals surface area contributed by atoms with Crippen molar-refractivity contribution in [1.29, 1.82) is 0 Å². The summed E-state index contributed by atoms with van der Waals surface area (Å²) in [6.07, 6.45) is 3.36. The second-order valence-corrected chi connectivity index (χ2v) is 3.37. The lowest BCUT2D eigenvalue weighted by Gasteiger charge is -2.02. The van der Waals surface area contributed by atoms with Crippen LogP contribution in [0.1, 0.15) is 25.8 Å². The molecule has 0 spiro atoms. The SMILES string of the molecule is C.COc1ccc(CCCCCl)cc1. The van der Waals surface area contributed by atoms with Gasteiger partial charge in [0.05, 0.1) is 7.11 Å². The fraction of sp³-hybridized carbons (Fsp3) is 0.500. The van der Waals surface area contributed by atoms with E-state index in [1.54, 1.807) is 7.11 Å². The first kappa shape index (κ1) is 13.3. The topological polar surface area (TPSA) is 9.23 Å². The lowest BCUT2D eigenvalue weighted by Crippen LogP contribution is -1.87. The van der Waals surface area contributed by atoms with Crippen LogP contribution in [0.2, 0.25) is 0 Å². The molecule has 1 rings (SSSR count). The normalized spacial score (nSPS) is 9.29. The first-order chi connectivity index (χ1) is 6.36. The summed E-state index contributed by atoms with van der Waals surface area (Å²) in [6, 6.07) is 8.20. The summed E-state index contributed by atoms with van der Waals surface area (Å²) in [4.78, 5) is 0. The van der Waals surface area contributed by atoms with E-state index < -0.39 is 0 Å². The zero-order valence-corrected chi connectivity index (χ0v) is 8.68.